The number of phenolic OH excluding ortho intramolecular Hbond substituents is 1. The van der Waals surface area contributed by atoms with Crippen LogP contribution in [-0.2, 0) is 6.42 Å². The zero-order chi connectivity index (χ0) is 13.0. The van der Waals surface area contributed by atoms with Gasteiger partial charge in [-0.3, -0.25) is 4.79 Å². The number of ether oxygens (including phenoxy) is 1. The second kappa shape index (κ2) is 5.53. The molecule has 0 spiro atoms. The van der Waals surface area contributed by atoms with Gasteiger partial charge in [0.05, 0.1) is 7.11 Å². The highest BCUT2D eigenvalue weighted by Crippen LogP contribution is 2.32. The van der Waals surface area contributed by atoms with Gasteiger partial charge in [0.1, 0.15) is 17.1 Å². The molecule has 1 N–H and O–H groups in total. The maximum absolute atomic E-state index is 11.5. The fourth-order valence-electron chi connectivity index (χ4n) is 1.66. The summed E-state index contributed by atoms with van der Waals surface area (Å²) in [5.74, 6) is 0.240. The smallest absolute Gasteiger partial charge is 0.167 e. The number of phenols is 1. The SMILES string of the molecule is COc1c(CC=C(C)C)ccc(O)c1C(C)=O. The highest BCUT2D eigenvalue weighted by atomic mass is 16.5. The lowest BCUT2D eigenvalue weighted by molar-refractivity contribution is 0.101. The third-order valence-electron chi connectivity index (χ3n) is 2.50. The molecule has 0 heterocycles. The summed E-state index contributed by atoms with van der Waals surface area (Å²) in [5, 5.41) is 9.68. The summed E-state index contributed by atoms with van der Waals surface area (Å²) >= 11 is 0. The quantitative estimate of drug-likeness (QED) is 0.643. The second-order valence-corrected chi connectivity index (χ2v) is 4.19. The molecule has 92 valence electrons. The fraction of sp³-hybridized carbons (Fsp3) is 0.357. The first-order chi connectivity index (χ1) is 7.97. The molecule has 1 aromatic rings. The van der Waals surface area contributed by atoms with E-state index in [9.17, 15) is 9.90 Å². The van der Waals surface area contributed by atoms with E-state index < -0.39 is 0 Å². The van der Waals surface area contributed by atoms with E-state index in [2.05, 4.69) is 6.08 Å². The number of benzene rings is 1. The Bertz CT molecular complexity index is 455. The molecule has 0 unspecified atom stereocenters. The fourth-order valence-corrected chi connectivity index (χ4v) is 1.66. The van der Waals surface area contributed by atoms with Crippen molar-refractivity contribution in [3.8, 4) is 11.5 Å². The number of carbonyl (C=O) groups is 1. The molecule has 0 atom stereocenters. The van der Waals surface area contributed by atoms with Crippen LogP contribution in [0, 0.1) is 0 Å². The van der Waals surface area contributed by atoms with Gasteiger partial charge in [0, 0.05) is 0 Å². The molecule has 0 radical (unpaired) electrons. The molecule has 0 saturated carbocycles. The van der Waals surface area contributed by atoms with Crippen molar-refractivity contribution in [1.82, 2.24) is 0 Å². The lowest BCUT2D eigenvalue weighted by Crippen LogP contribution is -2.01. The summed E-state index contributed by atoms with van der Waals surface area (Å²) in [7, 11) is 1.51. The van der Waals surface area contributed by atoms with E-state index >= 15 is 0 Å². The van der Waals surface area contributed by atoms with E-state index in [4.69, 9.17) is 4.74 Å². The zero-order valence-corrected chi connectivity index (χ0v) is 10.7. The van der Waals surface area contributed by atoms with Crippen LogP contribution in [0.2, 0.25) is 0 Å². The molecule has 0 saturated heterocycles. The van der Waals surface area contributed by atoms with E-state index in [0.717, 1.165) is 5.56 Å². The standard InChI is InChI=1S/C14H18O3/c1-9(2)5-6-11-7-8-12(16)13(10(3)15)14(11)17-4/h5,7-8,16H,6H2,1-4H3. The van der Waals surface area contributed by atoms with Gasteiger partial charge in [-0.25, -0.2) is 0 Å². The normalized spacial score (nSPS) is 9.88. The zero-order valence-electron chi connectivity index (χ0n) is 10.7. The van der Waals surface area contributed by atoms with Crippen LogP contribution in [-0.4, -0.2) is 18.0 Å². The first-order valence-electron chi connectivity index (χ1n) is 5.50. The van der Waals surface area contributed by atoms with Crippen molar-refractivity contribution >= 4 is 5.78 Å². The number of ketones is 1. The molecule has 0 bridgehead atoms. The second-order valence-electron chi connectivity index (χ2n) is 4.19. The molecule has 0 aliphatic carbocycles. The monoisotopic (exact) mass is 234 g/mol. The maximum Gasteiger partial charge on any atom is 0.167 e. The Kier molecular flexibility index (Phi) is 4.32. The summed E-state index contributed by atoms with van der Waals surface area (Å²) in [6.45, 7) is 5.44. The van der Waals surface area contributed by atoms with Gasteiger partial charge in [-0.2, -0.15) is 0 Å². The Morgan fingerprint density at radius 1 is 1.35 bits per heavy atom. The summed E-state index contributed by atoms with van der Waals surface area (Å²) in [5.41, 5.74) is 2.35. The summed E-state index contributed by atoms with van der Waals surface area (Å²) in [6.07, 6.45) is 2.74. The number of Topliss-reactive ketones (excluding diaryl/α,β-unsaturated/α-hetero) is 1. The minimum Gasteiger partial charge on any atom is -0.507 e. The van der Waals surface area contributed by atoms with Gasteiger partial charge in [0.25, 0.3) is 0 Å². The summed E-state index contributed by atoms with van der Waals surface area (Å²) < 4.78 is 5.24. The van der Waals surface area contributed by atoms with Gasteiger partial charge >= 0.3 is 0 Å². The largest absolute Gasteiger partial charge is 0.507 e. The topological polar surface area (TPSA) is 46.5 Å². The van der Waals surface area contributed by atoms with Crippen molar-refractivity contribution in [3.05, 3.63) is 34.9 Å². The molecule has 17 heavy (non-hydrogen) atoms. The molecule has 1 aromatic carbocycles. The summed E-state index contributed by atoms with van der Waals surface area (Å²) in [4.78, 5) is 11.5. The van der Waals surface area contributed by atoms with Gasteiger partial charge < -0.3 is 9.84 Å². The van der Waals surface area contributed by atoms with Gasteiger partial charge in [-0.1, -0.05) is 17.7 Å². The number of carbonyl (C=O) groups excluding carboxylic acids is 1. The van der Waals surface area contributed by atoms with Crippen LogP contribution in [0.5, 0.6) is 11.5 Å². The Morgan fingerprint density at radius 3 is 2.47 bits per heavy atom. The Hall–Kier alpha value is -1.77. The van der Waals surface area contributed by atoms with Crippen molar-refractivity contribution in [2.24, 2.45) is 0 Å². The first-order valence-corrected chi connectivity index (χ1v) is 5.50. The Labute approximate surface area is 102 Å². The molecule has 0 fully saturated rings. The molecule has 3 heteroatoms. The van der Waals surface area contributed by atoms with Crippen LogP contribution in [0.15, 0.2) is 23.8 Å². The average Bonchev–Trinajstić information content (AvgIpc) is 2.25. The summed E-state index contributed by atoms with van der Waals surface area (Å²) in [6, 6.07) is 3.31. The highest BCUT2D eigenvalue weighted by molar-refractivity contribution is 6.00. The molecule has 3 nitrogen and oxygen atoms in total. The van der Waals surface area contributed by atoms with Crippen LogP contribution in [0.1, 0.15) is 36.7 Å². The molecular formula is C14H18O3. The predicted octanol–water partition coefficient (Wildman–Crippen LogP) is 3.11. The average molecular weight is 234 g/mol. The molecule has 0 aliphatic rings. The van der Waals surface area contributed by atoms with Gasteiger partial charge in [0.2, 0.25) is 0 Å². The van der Waals surface area contributed by atoms with E-state index in [1.807, 2.05) is 13.8 Å². The number of hydrogen-bond acceptors (Lipinski definition) is 3. The van der Waals surface area contributed by atoms with Gasteiger partial charge in [-0.15, -0.1) is 0 Å². The Morgan fingerprint density at radius 2 is 2.00 bits per heavy atom. The van der Waals surface area contributed by atoms with Crippen molar-refractivity contribution in [1.29, 1.82) is 0 Å². The number of methoxy groups -OCH3 is 1. The highest BCUT2D eigenvalue weighted by Gasteiger charge is 2.16. The number of aromatic hydroxyl groups is 1. The predicted molar refractivity (Wildman–Crippen MR) is 67.8 cm³/mol. The van der Waals surface area contributed by atoms with Crippen LogP contribution in [0.3, 0.4) is 0 Å². The number of hydrogen-bond donors (Lipinski definition) is 1. The van der Waals surface area contributed by atoms with Crippen LogP contribution >= 0.6 is 0 Å². The first kappa shape index (κ1) is 13.3. The molecular weight excluding hydrogens is 216 g/mol. The lowest BCUT2D eigenvalue weighted by Gasteiger charge is -2.12. The van der Waals surface area contributed by atoms with Crippen LogP contribution in [0.25, 0.3) is 0 Å². The molecule has 0 aliphatic heterocycles. The van der Waals surface area contributed by atoms with Crippen molar-refractivity contribution < 1.29 is 14.6 Å². The minimum absolute atomic E-state index is 0.0321. The van der Waals surface area contributed by atoms with Crippen molar-refractivity contribution in [2.45, 2.75) is 27.2 Å². The molecule has 1 rings (SSSR count). The third-order valence-corrected chi connectivity index (χ3v) is 2.50. The lowest BCUT2D eigenvalue weighted by atomic mass is 10.0. The van der Waals surface area contributed by atoms with Gasteiger partial charge in [-0.05, 0) is 38.8 Å². The van der Waals surface area contributed by atoms with Crippen LogP contribution < -0.4 is 4.74 Å². The van der Waals surface area contributed by atoms with E-state index in [-0.39, 0.29) is 17.1 Å². The van der Waals surface area contributed by atoms with Crippen LogP contribution in [0.4, 0.5) is 0 Å². The van der Waals surface area contributed by atoms with E-state index in [1.54, 1.807) is 6.07 Å². The van der Waals surface area contributed by atoms with Gasteiger partial charge in [0.15, 0.2) is 5.78 Å². The van der Waals surface area contributed by atoms with E-state index in [0.29, 0.717) is 12.2 Å². The third kappa shape index (κ3) is 3.09. The van der Waals surface area contributed by atoms with Crippen molar-refractivity contribution in [2.75, 3.05) is 7.11 Å². The molecule has 0 aromatic heterocycles. The number of rotatable bonds is 4. The maximum atomic E-state index is 11.5. The minimum atomic E-state index is -0.196. The molecule has 0 amide bonds. The Balaban J connectivity index is 3.28. The number of allylic oxidation sites excluding steroid dienone is 2. The van der Waals surface area contributed by atoms with E-state index in [1.165, 1.54) is 25.7 Å². The van der Waals surface area contributed by atoms with Crippen molar-refractivity contribution in [3.63, 3.8) is 0 Å².